The minimum atomic E-state index is -0.401. The van der Waals surface area contributed by atoms with Gasteiger partial charge in [0, 0.05) is 35.0 Å². The van der Waals surface area contributed by atoms with Crippen molar-refractivity contribution in [3.05, 3.63) is 60.3 Å². The van der Waals surface area contributed by atoms with Crippen molar-refractivity contribution in [2.45, 2.75) is 39.8 Å². The number of H-pyrrole nitrogens is 1. The SMILES string of the molecule is CC(C)N(C(=O)Oc1ccc(C(=O)Nc2ccc3cc[nH]c3c2)cc1)C(C)C. The summed E-state index contributed by atoms with van der Waals surface area (Å²) in [6.07, 6.45) is 1.46. The molecule has 0 atom stereocenters. The fourth-order valence-corrected chi connectivity index (χ4v) is 3.17. The van der Waals surface area contributed by atoms with Gasteiger partial charge in [-0.15, -0.1) is 0 Å². The Balaban J connectivity index is 1.66. The van der Waals surface area contributed by atoms with E-state index in [2.05, 4.69) is 10.3 Å². The van der Waals surface area contributed by atoms with Crippen molar-refractivity contribution >= 4 is 28.6 Å². The van der Waals surface area contributed by atoms with E-state index in [4.69, 9.17) is 4.74 Å². The van der Waals surface area contributed by atoms with E-state index in [1.807, 2.05) is 58.2 Å². The zero-order chi connectivity index (χ0) is 20.3. The standard InChI is InChI=1S/C22H25N3O3/c1-14(2)25(15(3)4)22(27)28-19-9-6-17(7-10-19)21(26)24-18-8-5-16-11-12-23-20(16)13-18/h5-15,23H,1-4H3,(H,24,26). The molecule has 2 N–H and O–H groups in total. The first-order valence-corrected chi connectivity index (χ1v) is 9.34. The Labute approximate surface area is 164 Å². The maximum atomic E-state index is 12.5. The molecule has 2 amide bonds. The summed E-state index contributed by atoms with van der Waals surface area (Å²) in [7, 11) is 0. The van der Waals surface area contributed by atoms with Crippen molar-refractivity contribution in [2.24, 2.45) is 0 Å². The maximum Gasteiger partial charge on any atom is 0.415 e. The highest BCUT2D eigenvalue weighted by atomic mass is 16.6. The maximum absolute atomic E-state index is 12.5. The molecule has 0 spiro atoms. The summed E-state index contributed by atoms with van der Waals surface area (Å²) in [5, 5.41) is 3.96. The Morgan fingerprint density at radius 1 is 0.964 bits per heavy atom. The molecule has 146 valence electrons. The number of carbonyl (C=O) groups excluding carboxylic acids is 2. The van der Waals surface area contributed by atoms with E-state index in [-0.39, 0.29) is 18.0 Å². The highest BCUT2D eigenvalue weighted by Crippen LogP contribution is 2.20. The van der Waals surface area contributed by atoms with Crippen LogP contribution in [-0.2, 0) is 0 Å². The van der Waals surface area contributed by atoms with Crippen LogP contribution in [0.3, 0.4) is 0 Å². The van der Waals surface area contributed by atoms with Crippen LogP contribution in [0.25, 0.3) is 10.9 Å². The van der Waals surface area contributed by atoms with Crippen LogP contribution in [0.15, 0.2) is 54.7 Å². The molecule has 0 radical (unpaired) electrons. The van der Waals surface area contributed by atoms with Gasteiger partial charge in [-0.05, 0) is 75.5 Å². The van der Waals surface area contributed by atoms with E-state index in [9.17, 15) is 9.59 Å². The molecule has 6 heteroatoms. The van der Waals surface area contributed by atoms with Crippen LogP contribution in [-0.4, -0.2) is 34.0 Å². The number of rotatable bonds is 5. The number of ether oxygens (including phenoxy) is 1. The Kier molecular flexibility index (Phi) is 5.68. The minimum Gasteiger partial charge on any atom is -0.410 e. The van der Waals surface area contributed by atoms with Gasteiger partial charge in [-0.1, -0.05) is 6.07 Å². The van der Waals surface area contributed by atoms with Gasteiger partial charge in [0.15, 0.2) is 0 Å². The predicted molar refractivity (Wildman–Crippen MR) is 111 cm³/mol. The molecule has 0 bridgehead atoms. The predicted octanol–water partition coefficient (Wildman–Crippen LogP) is 5.04. The fourth-order valence-electron chi connectivity index (χ4n) is 3.17. The molecule has 0 saturated carbocycles. The van der Waals surface area contributed by atoms with Gasteiger partial charge in [0.05, 0.1) is 0 Å². The van der Waals surface area contributed by atoms with Crippen LogP contribution in [0.4, 0.5) is 10.5 Å². The smallest absolute Gasteiger partial charge is 0.410 e. The normalized spacial score (nSPS) is 11.1. The first kappa shape index (κ1) is 19.5. The Bertz CT molecular complexity index is 966. The number of hydrogen-bond acceptors (Lipinski definition) is 3. The Hall–Kier alpha value is -3.28. The van der Waals surface area contributed by atoms with Crippen molar-refractivity contribution in [1.29, 1.82) is 0 Å². The third-order valence-electron chi connectivity index (χ3n) is 4.46. The number of aromatic amines is 1. The molecule has 6 nitrogen and oxygen atoms in total. The monoisotopic (exact) mass is 379 g/mol. The van der Waals surface area contributed by atoms with Crippen LogP contribution < -0.4 is 10.1 Å². The number of amides is 2. The van der Waals surface area contributed by atoms with Gasteiger partial charge in [0.2, 0.25) is 0 Å². The van der Waals surface area contributed by atoms with Gasteiger partial charge < -0.3 is 19.9 Å². The molecule has 0 aliphatic heterocycles. The molecule has 28 heavy (non-hydrogen) atoms. The minimum absolute atomic E-state index is 0.0366. The van der Waals surface area contributed by atoms with E-state index < -0.39 is 6.09 Å². The summed E-state index contributed by atoms with van der Waals surface area (Å²) in [5.74, 6) is 0.176. The molecule has 0 aliphatic carbocycles. The molecule has 0 saturated heterocycles. The van der Waals surface area contributed by atoms with Gasteiger partial charge in [0.1, 0.15) is 5.75 Å². The third kappa shape index (κ3) is 4.34. The first-order valence-electron chi connectivity index (χ1n) is 9.34. The molecule has 3 aromatic rings. The summed E-state index contributed by atoms with van der Waals surface area (Å²) >= 11 is 0. The van der Waals surface area contributed by atoms with Crippen LogP contribution >= 0.6 is 0 Å². The molecular weight excluding hydrogens is 354 g/mol. The second kappa shape index (κ2) is 8.17. The average molecular weight is 379 g/mol. The van der Waals surface area contributed by atoms with Crippen molar-refractivity contribution < 1.29 is 14.3 Å². The highest BCUT2D eigenvalue weighted by Gasteiger charge is 2.22. The second-order valence-corrected chi connectivity index (χ2v) is 7.22. The molecule has 1 heterocycles. The fraction of sp³-hybridized carbons (Fsp3) is 0.273. The van der Waals surface area contributed by atoms with E-state index >= 15 is 0 Å². The average Bonchev–Trinajstić information content (AvgIpc) is 3.09. The van der Waals surface area contributed by atoms with E-state index in [1.165, 1.54) is 0 Å². The number of anilines is 1. The van der Waals surface area contributed by atoms with Crippen molar-refractivity contribution in [1.82, 2.24) is 9.88 Å². The first-order chi connectivity index (χ1) is 13.3. The number of fused-ring (bicyclic) bond motifs is 1. The van der Waals surface area contributed by atoms with Gasteiger partial charge >= 0.3 is 6.09 Å². The Morgan fingerprint density at radius 2 is 1.64 bits per heavy atom. The van der Waals surface area contributed by atoms with Crippen LogP contribution in [0.2, 0.25) is 0 Å². The van der Waals surface area contributed by atoms with E-state index in [0.717, 1.165) is 10.9 Å². The second-order valence-electron chi connectivity index (χ2n) is 7.22. The van der Waals surface area contributed by atoms with Gasteiger partial charge in [0.25, 0.3) is 5.91 Å². The summed E-state index contributed by atoms with van der Waals surface area (Å²) in [4.78, 5) is 29.6. The lowest BCUT2D eigenvalue weighted by Crippen LogP contribution is -2.43. The summed E-state index contributed by atoms with van der Waals surface area (Å²) in [6, 6.07) is 14.3. The van der Waals surface area contributed by atoms with Crippen LogP contribution in [0.1, 0.15) is 38.1 Å². The van der Waals surface area contributed by atoms with Gasteiger partial charge in [-0.3, -0.25) is 4.79 Å². The third-order valence-corrected chi connectivity index (χ3v) is 4.46. The van der Waals surface area contributed by atoms with Gasteiger partial charge in [-0.2, -0.15) is 0 Å². The van der Waals surface area contributed by atoms with E-state index in [1.54, 1.807) is 29.2 Å². The van der Waals surface area contributed by atoms with Crippen molar-refractivity contribution in [3.8, 4) is 5.75 Å². The molecule has 1 aromatic heterocycles. The molecular formula is C22H25N3O3. The quantitative estimate of drug-likeness (QED) is 0.652. The number of benzene rings is 2. The zero-order valence-corrected chi connectivity index (χ0v) is 16.5. The summed E-state index contributed by atoms with van der Waals surface area (Å²) < 4.78 is 5.44. The zero-order valence-electron chi connectivity index (χ0n) is 16.5. The topological polar surface area (TPSA) is 74.4 Å². The molecule has 0 unspecified atom stereocenters. The lowest BCUT2D eigenvalue weighted by molar-refractivity contribution is 0.102. The van der Waals surface area contributed by atoms with Crippen LogP contribution in [0.5, 0.6) is 5.75 Å². The van der Waals surface area contributed by atoms with E-state index in [0.29, 0.717) is 17.0 Å². The number of hydrogen-bond donors (Lipinski definition) is 2. The summed E-state index contributed by atoms with van der Waals surface area (Å²) in [5.41, 5.74) is 2.15. The number of nitrogens with zero attached hydrogens (tertiary/aromatic N) is 1. The largest absolute Gasteiger partial charge is 0.415 e. The van der Waals surface area contributed by atoms with Crippen molar-refractivity contribution in [3.63, 3.8) is 0 Å². The number of nitrogens with one attached hydrogen (secondary N) is 2. The molecule has 3 rings (SSSR count). The van der Waals surface area contributed by atoms with Gasteiger partial charge in [-0.25, -0.2) is 4.79 Å². The summed E-state index contributed by atoms with van der Waals surface area (Å²) in [6.45, 7) is 7.77. The molecule has 0 aliphatic rings. The lowest BCUT2D eigenvalue weighted by Gasteiger charge is -2.29. The van der Waals surface area contributed by atoms with Crippen LogP contribution in [0, 0.1) is 0 Å². The molecule has 0 fully saturated rings. The lowest BCUT2D eigenvalue weighted by atomic mass is 10.2. The highest BCUT2D eigenvalue weighted by molar-refractivity contribution is 6.05. The number of aromatic nitrogens is 1. The van der Waals surface area contributed by atoms with Crippen molar-refractivity contribution in [2.75, 3.05) is 5.32 Å². The molecule has 2 aromatic carbocycles. The number of carbonyl (C=O) groups is 2. The Morgan fingerprint density at radius 3 is 2.29 bits per heavy atom.